The average molecular weight is 292 g/mol. The van der Waals surface area contributed by atoms with Gasteiger partial charge >= 0.3 is 0 Å². The Morgan fingerprint density at radius 2 is 1.09 bits per heavy atom. The molecule has 0 spiro atoms. The molecular formula is C18H16N2O2. The van der Waals surface area contributed by atoms with Crippen LogP contribution >= 0.6 is 0 Å². The predicted molar refractivity (Wildman–Crippen MR) is 87.5 cm³/mol. The van der Waals surface area contributed by atoms with Gasteiger partial charge < -0.3 is 10.6 Å². The van der Waals surface area contributed by atoms with Crippen molar-refractivity contribution in [3.8, 4) is 11.8 Å². The molecule has 2 rings (SSSR count). The van der Waals surface area contributed by atoms with Crippen LogP contribution in [0.2, 0.25) is 0 Å². The molecule has 2 aromatic rings. The number of hydrogen-bond donors (Lipinski definition) is 2. The summed E-state index contributed by atoms with van der Waals surface area (Å²) >= 11 is 0. The highest BCUT2D eigenvalue weighted by Crippen LogP contribution is 2.16. The second-order valence-corrected chi connectivity index (χ2v) is 4.70. The molecule has 0 atom stereocenters. The standard InChI is InChI=1S/C18H16N2O2/c1-13(21)19-17-9-5-3-7-15(17)11-12-16-8-4-6-10-18(16)20-14(2)22/h3-10H,1-2H3,(H,19,21)(H,20,22). The maximum absolute atomic E-state index is 11.2. The van der Waals surface area contributed by atoms with E-state index in [-0.39, 0.29) is 11.8 Å². The predicted octanol–water partition coefficient (Wildman–Crippen LogP) is 3.00. The molecule has 0 saturated carbocycles. The third kappa shape index (κ3) is 4.22. The second kappa shape index (κ2) is 7.09. The Labute approximate surface area is 129 Å². The zero-order valence-electron chi connectivity index (χ0n) is 12.4. The highest BCUT2D eigenvalue weighted by atomic mass is 16.2. The number of para-hydroxylation sites is 2. The van der Waals surface area contributed by atoms with Crippen LogP contribution in [0.5, 0.6) is 0 Å². The minimum Gasteiger partial charge on any atom is -0.325 e. The van der Waals surface area contributed by atoms with Crippen LogP contribution in [0.25, 0.3) is 0 Å². The van der Waals surface area contributed by atoms with Gasteiger partial charge in [-0.2, -0.15) is 0 Å². The summed E-state index contributed by atoms with van der Waals surface area (Å²) in [6.45, 7) is 2.91. The summed E-state index contributed by atoms with van der Waals surface area (Å²) in [6.07, 6.45) is 0. The molecule has 0 heterocycles. The summed E-state index contributed by atoms with van der Waals surface area (Å²) in [4.78, 5) is 22.4. The van der Waals surface area contributed by atoms with Crippen molar-refractivity contribution < 1.29 is 9.59 Å². The van der Waals surface area contributed by atoms with E-state index < -0.39 is 0 Å². The van der Waals surface area contributed by atoms with Crippen LogP contribution in [0.1, 0.15) is 25.0 Å². The molecule has 22 heavy (non-hydrogen) atoms. The number of amides is 2. The molecule has 0 aliphatic carbocycles. The monoisotopic (exact) mass is 292 g/mol. The Kier molecular flexibility index (Phi) is 4.94. The number of hydrogen-bond acceptors (Lipinski definition) is 2. The minimum atomic E-state index is -0.145. The molecular weight excluding hydrogens is 276 g/mol. The molecule has 2 N–H and O–H groups in total. The number of benzene rings is 2. The molecule has 0 aliphatic heterocycles. The van der Waals surface area contributed by atoms with Gasteiger partial charge in [0.15, 0.2) is 0 Å². The first kappa shape index (κ1) is 15.3. The number of anilines is 2. The van der Waals surface area contributed by atoms with E-state index in [9.17, 15) is 9.59 Å². The van der Waals surface area contributed by atoms with Gasteiger partial charge in [-0.05, 0) is 24.3 Å². The van der Waals surface area contributed by atoms with Gasteiger partial charge in [-0.15, -0.1) is 0 Å². The lowest BCUT2D eigenvalue weighted by Crippen LogP contribution is -2.07. The molecule has 0 unspecified atom stereocenters. The zero-order chi connectivity index (χ0) is 15.9. The topological polar surface area (TPSA) is 58.2 Å². The van der Waals surface area contributed by atoms with Crippen LogP contribution in [0.15, 0.2) is 48.5 Å². The van der Waals surface area contributed by atoms with Crippen molar-refractivity contribution in [2.24, 2.45) is 0 Å². The lowest BCUT2D eigenvalue weighted by molar-refractivity contribution is -0.115. The van der Waals surface area contributed by atoms with E-state index in [0.717, 1.165) is 11.1 Å². The van der Waals surface area contributed by atoms with E-state index in [1.54, 1.807) is 12.1 Å². The molecule has 4 nitrogen and oxygen atoms in total. The molecule has 2 amide bonds. The number of rotatable bonds is 2. The van der Waals surface area contributed by atoms with Crippen molar-refractivity contribution in [3.05, 3.63) is 59.7 Å². The van der Waals surface area contributed by atoms with E-state index in [4.69, 9.17) is 0 Å². The van der Waals surface area contributed by atoms with Crippen LogP contribution in [0.3, 0.4) is 0 Å². The fourth-order valence-electron chi connectivity index (χ4n) is 1.92. The first-order valence-corrected chi connectivity index (χ1v) is 6.81. The summed E-state index contributed by atoms with van der Waals surface area (Å²) in [5.41, 5.74) is 2.77. The molecule has 0 fully saturated rings. The number of nitrogens with one attached hydrogen (secondary N) is 2. The first-order valence-electron chi connectivity index (χ1n) is 6.81. The van der Waals surface area contributed by atoms with Crippen molar-refractivity contribution >= 4 is 23.2 Å². The molecule has 0 aromatic heterocycles. The van der Waals surface area contributed by atoms with E-state index in [1.807, 2.05) is 36.4 Å². The Morgan fingerprint density at radius 3 is 1.45 bits per heavy atom. The minimum absolute atomic E-state index is 0.145. The Balaban J connectivity index is 2.35. The summed E-state index contributed by atoms with van der Waals surface area (Å²) in [5, 5.41) is 5.49. The number of carbonyl (C=O) groups excluding carboxylic acids is 2. The lowest BCUT2D eigenvalue weighted by Gasteiger charge is -2.05. The van der Waals surface area contributed by atoms with Crippen LogP contribution in [-0.4, -0.2) is 11.8 Å². The van der Waals surface area contributed by atoms with Crippen molar-refractivity contribution in [1.29, 1.82) is 0 Å². The lowest BCUT2D eigenvalue weighted by atomic mass is 10.1. The summed E-state index contributed by atoms with van der Waals surface area (Å²) < 4.78 is 0. The van der Waals surface area contributed by atoms with E-state index in [0.29, 0.717) is 11.4 Å². The van der Waals surface area contributed by atoms with Gasteiger partial charge in [-0.3, -0.25) is 9.59 Å². The summed E-state index contributed by atoms with van der Waals surface area (Å²) in [7, 11) is 0. The largest absolute Gasteiger partial charge is 0.325 e. The van der Waals surface area contributed by atoms with Crippen molar-refractivity contribution in [1.82, 2.24) is 0 Å². The quantitative estimate of drug-likeness (QED) is 0.836. The second-order valence-electron chi connectivity index (χ2n) is 4.70. The zero-order valence-corrected chi connectivity index (χ0v) is 12.4. The van der Waals surface area contributed by atoms with E-state index in [1.165, 1.54) is 13.8 Å². The third-order valence-electron chi connectivity index (χ3n) is 2.81. The van der Waals surface area contributed by atoms with Gasteiger partial charge in [0.1, 0.15) is 0 Å². The van der Waals surface area contributed by atoms with Crippen LogP contribution < -0.4 is 10.6 Å². The SMILES string of the molecule is CC(=O)Nc1ccccc1C#Cc1ccccc1NC(C)=O. The van der Waals surface area contributed by atoms with Crippen molar-refractivity contribution in [2.45, 2.75) is 13.8 Å². The van der Waals surface area contributed by atoms with Gasteiger partial charge in [-0.25, -0.2) is 0 Å². The number of carbonyl (C=O) groups is 2. The van der Waals surface area contributed by atoms with Crippen LogP contribution in [0, 0.1) is 11.8 Å². The summed E-state index contributed by atoms with van der Waals surface area (Å²) in [6, 6.07) is 14.6. The van der Waals surface area contributed by atoms with Crippen LogP contribution in [-0.2, 0) is 9.59 Å². The normalized spacial score (nSPS) is 9.36. The van der Waals surface area contributed by atoms with Crippen LogP contribution in [0.4, 0.5) is 11.4 Å². The average Bonchev–Trinajstić information content (AvgIpc) is 2.46. The molecule has 4 heteroatoms. The van der Waals surface area contributed by atoms with Gasteiger partial charge in [0.25, 0.3) is 0 Å². The van der Waals surface area contributed by atoms with E-state index >= 15 is 0 Å². The first-order chi connectivity index (χ1) is 10.6. The molecule has 0 saturated heterocycles. The van der Waals surface area contributed by atoms with Gasteiger partial charge in [0.2, 0.25) is 11.8 Å². The Morgan fingerprint density at radius 1 is 0.727 bits per heavy atom. The van der Waals surface area contributed by atoms with Crippen molar-refractivity contribution in [2.75, 3.05) is 10.6 Å². The highest BCUT2D eigenvalue weighted by molar-refractivity contribution is 5.91. The molecule has 0 aliphatic rings. The van der Waals surface area contributed by atoms with Gasteiger partial charge in [0.05, 0.1) is 11.4 Å². The highest BCUT2D eigenvalue weighted by Gasteiger charge is 2.02. The maximum atomic E-state index is 11.2. The molecule has 110 valence electrons. The fourth-order valence-corrected chi connectivity index (χ4v) is 1.92. The van der Waals surface area contributed by atoms with Gasteiger partial charge in [0, 0.05) is 25.0 Å². The maximum Gasteiger partial charge on any atom is 0.221 e. The smallest absolute Gasteiger partial charge is 0.221 e. The fraction of sp³-hybridized carbons (Fsp3) is 0.111. The molecule has 2 aromatic carbocycles. The molecule has 0 bridgehead atoms. The Hall–Kier alpha value is -3.06. The molecule has 0 radical (unpaired) electrons. The van der Waals surface area contributed by atoms with Crippen molar-refractivity contribution in [3.63, 3.8) is 0 Å². The van der Waals surface area contributed by atoms with Gasteiger partial charge in [-0.1, -0.05) is 36.1 Å². The third-order valence-corrected chi connectivity index (χ3v) is 2.81. The van der Waals surface area contributed by atoms with E-state index in [2.05, 4.69) is 22.5 Å². The Bertz CT molecular complexity index is 706. The summed E-state index contributed by atoms with van der Waals surface area (Å²) in [5.74, 6) is 5.77.